The van der Waals surface area contributed by atoms with Crippen LogP contribution < -0.4 is 31.9 Å². The average molecular weight is 888 g/mol. The van der Waals surface area contributed by atoms with Crippen LogP contribution in [0.5, 0.6) is 0 Å². The number of hydrogen-bond donors (Lipinski definition) is 2. The molecule has 0 aliphatic carbocycles. The molecule has 0 bridgehead atoms. The topological polar surface area (TPSA) is 238 Å². The van der Waals surface area contributed by atoms with Crippen molar-refractivity contribution in [2.75, 3.05) is 11.5 Å². The Morgan fingerprint density at radius 1 is 0.411 bits per heavy atom. The smallest absolute Gasteiger partial charge is 0.550 e. The molecule has 0 amide bonds. The zero-order chi connectivity index (χ0) is 41.5. The molecule has 0 aliphatic rings. The van der Waals surface area contributed by atoms with Crippen molar-refractivity contribution in [2.24, 2.45) is 0 Å². The molecule has 0 aliphatic heterocycles. The summed E-state index contributed by atoms with van der Waals surface area (Å²) in [5.74, 6) is -2.54. The minimum atomic E-state index is -0.920. The van der Waals surface area contributed by atoms with E-state index in [0.29, 0.717) is 11.6 Å². The fraction of sp³-hybridized carbons (Fsp3) is 0.667. The number of nitrogen functional groups attached to an aromatic ring is 2. The molecule has 2 radical (unpaired) electrons. The van der Waals surface area contributed by atoms with Gasteiger partial charge >= 0.3 is 34.1 Å². The number of carbonyl (C=O) groups is 4. The van der Waals surface area contributed by atoms with Crippen LogP contribution in [-0.4, -0.2) is 33.8 Å². The number of unbranched alkanes of at least 4 members (excludes halogenated alkanes) is 16. The Bertz CT molecular complexity index is 955. The predicted molar refractivity (Wildman–Crippen MR) is 211 cm³/mol. The first-order chi connectivity index (χ1) is 25.9. The number of aliphatic carboxylic acids is 4. The van der Waals surface area contributed by atoms with Crippen molar-refractivity contribution >= 4 is 35.5 Å². The van der Waals surface area contributed by atoms with Crippen LogP contribution in [0.1, 0.15) is 182 Å². The maximum Gasteiger partial charge on any atom is 2.00 e. The van der Waals surface area contributed by atoms with Gasteiger partial charge in [-0.1, -0.05) is 143 Å². The Morgan fingerprint density at radius 2 is 0.625 bits per heavy atom. The summed E-state index contributed by atoms with van der Waals surface area (Å²) in [5, 5.41) is 39.7. The molecular formula is C42H72Cu2N4O8. The Balaban J connectivity index is -0.000000134. The number of carboxylic acid groups (broad SMARTS) is 4. The van der Waals surface area contributed by atoms with E-state index in [4.69, 9.17) is 11.5 Å². The van der Waals surface area contributed by atoms with E-state index in [9.17, 15) is 39.6 Å². The molecule has 330 valence electrons. The van der Waals surface area contributed by atoms with Crippen molar-refractivity contribution in [3.8, 4) is 0 Å². The Labute approximate surface area is 359 Å². The van der Waals surface area contributed by atoms with E-state index in [1.54, 1.807) is 24.5 Å². The minimum Gasteiger partial charge on any atom is -0.550 e. The van der Waals surface area contributed by atoms with Crippen molar-refractivity contribution in [1.29, 1.82) is 0 Å². The zero-order valence-corrected chi connectivity index (χ0v) is 36.4. The molecule has 0 spiro atoms. The van der Waals surface area contributed by atoms with Gasteiger partial charge in [0.2, 0.25) is 0 Å². The molecule has 2 aromatic heterocycles. The van der Waals surface area contributed by atoms with Crippen molar-refractivity contribution in [3.63, 3.8) is 0 Å². The first-order valence-corrected chi connectivity index (χ1v) is 20.0. The molecule has 4 N–H and O–H groups in total. The standard InChI is InChI=1S/4C8H16O2.2C5H6N2.2Cu/c4*1-2-3-4-5-6-7-8(9)10;2*6-5-3-1-2-4-7-5;;/h4*2-7H2,1H3,(H,9,10);2*1-4H,(H2,6,7);;/q;;;;;;2*+2/p-4. The Hall–Kier alpha value is -3.18. The first kappa shape index (κ1) is 64.7. The van der Waals surface area contributed by atoms with Gasteiger partial charge in [-0.25, -0.2) is 9.97 Å². The van der Waals surface area contributed by atoms with Crippen molar-refractivity contribution < 1.29 is 73.7 Å². The fourth-order valence-corrected chi connectivity index (χ4v) is 4.24. The molecular weight excluding hydrogens is 816 g/mol. The third-order valence-corrected chi connectivity index (χ3v) is 7.31. The van der Waals surface area contributed by atoms with Crippen LogP contribution >= 0.6 is 0 Å². The quantitative estimate of drug-likeness (QED) is 0.0952. The summed E-state index contributed by atoms with van der Waals surface area (Å²) < 4.78 is 0. The van der Waals surface area contributed by atoms with E-state index < -0.39 is 23.9 Å². The summed E-state index contributed by atoms with van der Waals surface area (Å²) in [6.07, 6.45) is 25.8. The molecule has 14 heteroatoms. The van der Waals surface area contributed by atoms with Crippen LogP contribution in [0.15, 0.2) is 48.8 Å². The first-order valence-electron chi connectivity index (χ1n) is 20.0. The van der Waals surface area contributed by atoms with E-state index in [0.717, 1.165) is 77.0 Å². The van der Waals surface area contributed by atoms with Gasteiger partial charge in [0.25, 0.3) is 0 Å². The van der Waals surface area contributed by atoms with E-state index in [1.165, 1.54) is 51.4 Å². The van der Waals surface area contributed by atoms with Crippen LogP contribution in [0.2, 0.25) is 0 Å². The van der Waals surface area contributed by atoms with Gasteiger partial charge in [0.1, 0.15) is 11.6 Å². The van der Waals surface area contributed by atoms with Crippen molar-refractivity contribution in [3.05, 3.63) is 48.8 Å². The van der Waals surface area contributed by atoms with Gasteiger partial charge in [0.05, 0.1) is 0 Å². The Morgan fingerprint density at radius 3 is 0.750 bits per heavy atom. The third-order valence-electron chi connectivity index (χ3n) is 7.31. The second-order valence-corrected chi connectivity index (χ2v) is 12.7. The summed E-state index contributed by atoms with van der Waals surface area (Å²) in [6, 6.07) is 10.9. The molecule has 0 atom stereocenters. The summed E-state index contributed by atoms with van der Waals surface area (Å²) in [7, 11) is 0. The Kier molecular flexibility index (Phi) is 64.9. The van der Waals surface area contributed by atoms with Crippen LogP contribution in [-0.2, 0) is 53.3 Å². The molecule has 56 heavy (non-hydrogen) atoms. The van der Waals surface area contributed by atoms with Gasteiger partial charge in [-0.15, -0.1) is 0 Å². The van der Waals surface area contributed by atoms with Gasteiger partial charge in [-0.2, -0.15) is 0 Å². The molecule has 2 rings (SSSR count). The van der Waals surface area contributed by atoms with Crippen LogP contribution in [0.25, 0.3) is 0 Å². The normalized spacial score (nSPS) is 9.07. The largest absolute Gasteiger partial charge is 2.00 e. The van der Waals surface area contributed by atoms with E-state index in [-0.39, 0.29) is 59.8 Å². The molecule has 2 aromatic rings. The monoisotopic (exact) mass is 886 g/mol. The van der Waals surface area contributed by atoms with Crippen molar-refractivity contribution in [2.45, 2.75) is 182 Å². The van der Waals surface area contributed by atoms with E-state index in [1.807, 2.05) is 24.3 Å². The molecule has 0 saturated heterocycles. The average Bonchev–Trinajstić information content (AvgIpc) is 3.13. The van der Waals surface area contributed by atoms with E-state index >= 15 is 0 Å². The number of hydrogen-bond acceptors (Lipinski definition) is 12. The molecule has 2 heterocycles. The number of carbonyl (C=O) groups excluding carboxylic acids is 4. The van der Waals surface area contributed by atoms with Gasteiger partial charge in [0.15, 0.2) is 0 Å². The van der Waals surface area contributed by atoms with Gasteiger partial charge < -0.3 is 51.1 Å². The van der Waals surface area contributed by atoms with E-state index in [2.05, 4.69) is 37.7 Å². The van der Waals surface area contributed by atoms with Crippen molar-refractivity contribution in [1.82, 2.24) is 9.97 Å². The molecule has 0 saturated carbocycles. The summed E-state index contributed by atoms with van der Waals surface area (Å²) in [5.41, 5.74) is 10.5. The number of anilines is 2. The van der Waals surface area contributed by atoms with Gasteiger partial charge in [-0.05, 0) is 75.6 Å². The molecule has 0 fully saturated rings. The summed E-state index contributed by atoms with van der Waals surface area (Å²) in [4.78, 5) is 47.2. The predicted octanol–water partition coefficient (Wildman–Crippen LogP) is 5.71. The maximum atomic E-state index is 9.92. The fourth-order valence-electron chi connectivity index (χ4n) is 4.24. The number of rotatable bonds is 24. The molecule has 0 aromatic carbocycles. The van der Waals surface area contributed by atoms with Gasteiger partial charge in [0, 0.05) is 36.3 Å². The second-order valence-electron chi connectivity index (χ2n) is 12.7. The number of nitrogens with two attached hydrogens (primary N) is 2. The maximum absolute atomic E-state index is 9.92. The number of aromatic nitrogens is 2. The van der Waals surface area contributed by atoms with Crippen LogP contribution in [0.4, 0.5) is 11.6 Å². The van der Waals surface area contributed by atoms with Crippen LogP contribution in [0.3, 0.4) is 0 Å². The summed E-state index contributed by atoms with van der Waals surface area (Å²) in [6.45, 7) is 8.55. The SMILES string of the molecule is CCCCCCCC(=O)[O-].CCCCCCCC(=O)[O-].CCCCCCCC(=O)[O-].CCCCCCCC(=O)[O-].Nc1ccccn1.Nc1ccccn1.[Cu+2].[Cu+2]. The zero-order valence-electron chi connectivity index (χ0n) is 34.5. The third kappa shape index (κ3) is 75.7. The van der Waals surface area contributed by atoms with Gasteiger partial charge in [-0.3, -0.25) is 0 Å². The molecule has 0 unspecified atom stereocenters. The van der Waals surface area contributed by atoms with Crippen LogP contribution in [0, 0.1) is 0 Å². The number of pyridine rings is 2. The second kappa shape index (κ2) is 56.2. The molecule has 12 nitrogen and oxygen atoms in total. The number of nitrogens with zero attached hydrogens (tertiary/aromatic N) is 2. The minimum absolute atomic E-state index is 0. The number of carboxylic acids is 4. The summed E-state index contributed by atoms with van der Waals surface area (Å²) >= 11 is 0.